The zero-order valence-electron chi connectivity index (χ0n) is 12.3. The lowest BCUT2D eigenvalue weighted by atomic mass is 10.00. The van der Waals surface area contributed by atoms with Crippen molar-refractivity contribution in [3.05, 3.63) is 18.0 Å². The van der Waals surface area contributed by atoms with Crippen LogP contribution in [0.5, 0.6) is 0 Å². The van der Waals surface area contributed by atoms with Gasteiger partial charge in [0, 0.05) is 12.5 Å². The van der Waals surface area contributed by atoms with Crippen LogP contribution in [0.25, 0.3) is 0 Å². The fourth-order valence-corrected chi connectivity index (χ4v) is 3.44. The van der Waals surface area contributed by atoms with E-state index < -0.39 is 39.1 Å². The van der Waals surface area contributed by atoms with Crippen molar-refractivity contribution in [3.63, 3.8) is 0 Å². The molecule has 3 atom stereocenters. The Morgan fingerprint density at radius 3 is 2.88 bits per heavy atom. The van der Waals surface area contributed by atoms with Crippen molar-refractivity contribution >= 4 is 22.3 Å². The molecule has 0 saturated carbocycles. The number of urea groups is 1. The van der Waals surface area contributed by atoms with Crippen LogP contribution in [0, 0.1) is 0 Å². The highest BCUT2D eigenvalue weighted by Gasteiger charge is 2.65. The molecule has 3 N–H and O–H groups in total. The third-order valence-electron chi connectivity index (χ3n) is 4.04. The maximum absolute atomic E-state index is 12.7. The van der Waals surface area contributed by atoms with Crippen molar-refractivity contribution in [1.82, 2.24) is 10.2 Å². The van der Waals surface area contributed by atoms with Crippen LogP contribution in [0.3, 0.4) is 0 Å². The van der Waals surface area contributed by atoms with E-state index in [1.807, 2.05) is 0 Å². The fourth-order valence-electron chi connectivity index (χ4n) is 3.05. The molecule has 3 heterocycles. The van der Waals surface area contributed by atoms with Crippen LogP contribution in [-0.4, -0.2) is 58.4 Å². The average Bonchev–Trinajstić information content (AvgIpc) is 3.07. The van der Waals surface area contributed by atoms with E-state index in [0.29, 0.717) is 10.8 Å². The number of hydrogen-bond donors (Lipinski definition) is 2. The van der Waals surface area contributed by atoms with E-state index in [1.165, 1.54) is 12.3 Å². The van der Waals surface area contributed by atoms with Crippen LogP contribution in [0.15, 0.2) is 16.9 Å². The molecule has 12 nitrogen and oxygen atoms in total. The van der Waals surface area contributed by atoms with E-state index in [4.69, 9.17) is 15.1 Å². The Morgan fingerprint density at radius 1 is 1.54 bits per heavy atom. The number of quaternary nitrogens is 1. The lowest BCUT2D eigenvalue weighted by Gasteiger charge is -2.34. The van der Waals surface area contributed by atoms with Gasteiger partial charge in [-0.3, -0.25) is 9.35 Å². The molecule has 24 heavy (non-hydrogen) atoms. The maximum Gasteiger partial charge on any atom is 0.477 e. The zero-order chi connectivity index (χ0) is 17.5. The van der Waals surface area contributed by atoms with Crippen molar-refractivity contribution in [1.29, 1.82) is 0 Å². The van der Waals surface area contributed by atoms with Crippen molar-refractivity contribution in [2.75, 3.05) is 6.54 Å². The number of hydroxylamine groups is 5. The number of primary amides is 1. The number of nitrogens with zero attached hydrogens (tertiary/aromatic N) is 3. The molecule has 0 aromatic carbocycles. The highest BCUT2D eigenvalue weighted by Crippen LogP contribution is 2.38. The van der Waals surface area contributed by atoms with Gasteiger partial charge in [0.15, 0.2) is 6.61 Å². The Kier molecular flexibility index (Phi) is 4.05. The first-order valence-corrected chi connectivity index (χ1v) is 8.31. The van der Waals surface area contributed by atoms with E-state index in [1.54, 1.807) is 0 Å². The van der Waals surface area contributed by atoms with E-state index in [0.717, 1.165) is 0 Å². The average molecular weight is 363 g/mol. The molecule has 3 amide bonds. The van der Waals surface area contributed by atoms with Crippen LogP contribution in [0.1, 0.15) is 18.5 Å². The van der Waals surface area contributed by atoms with Crippen LogP contribution in [-0.2, 0) is 30.9 Å². The lowest BCUT2D eigenvalue weighted by Crippen LogP contribution is -2.62. The summed E-state index contributed by atoms with van der Waals surface area (Å²) in [5.41, 5.74) is 5.74. The van der Waals surface area contributed by atoms with Crippen molar-refractivity contribution < 1.29 is 40.9 Å². The molecule has 2 aliphatic heterocycles. The lowest BCUT2D eigenvalue weighted by molar-refractivity contribution is -1.05. The second kappa shape index (κ2) is 5.78. The van der Waals surface area contributed by atoms with E-state index >= 15 is 0 Å². The monoisotopic (exact) mass is 363 g/mol. The smallest absolute Gasteiger partial charge is 0.364 e. The largest absolute Gasteiger partial charge is 0.477 e. The van der Waals surface area contributed by atoms with Gasteiger partial charge in [0.25, 0.3) is 5.91 Å². The number of carbonyl (C=O) groups excluding carboxylic acids is 2. The normalized spacial score (nSPS) is 29.9. The molecule has 1 unspecified atom stereocenters. The predicted molar refractivity (Wildman–Crippen MR) is 72.3 cm³/mol. The molecular weight excluding hydrogens is 348 g/mol. The molecule has 13 heteroatoms. The fraction of sp³-hybridized carbons (Fsp3) is 0.545. The standard InChI is InChI=1S/C11H14N4O8S/c12-10(16)9-2-1-8-5-15(9,22-6-7-3-4-21-13-7)11(17)14(8)23-24(18,19)20/h3-4,8-9H,1-2,5-6H2,(H2-,12,16,18,19,20)/p+1/t8-,9+,15?/m1/s1. The number of fused-ring (bicyclic) bond motifs is 2. The Morgan fingerprint density at radius 2 is 2.29 bits per heavy atom. The molecule has 0 radical (unpaired) electrons. The van der Waals surface area contributed by atoms with Gasteiger partial charge in [-0.2, -0.15) is 13.3 Å². The first-order chi connectivity index (χ1) is 11.2. The molecule has 0 aliphatic carbocycles. The number of rotatable bonds is 6. The van der Waals surface area contributed by atoms with Gasteiger partial charge in [0.1, 0.15) is 24.5 Å². The summed E-state index contributed by atoms with van der Waals surface area (Å²) in [4.78, 5) is 30.0. The second-order valence-electron chi connectivity index (χ2n) is 5.50. The Bertz CT molecular complexity index is 750. The van der Waals surface area contributed by atoms with Gasteiger partial charge in [0.05, 0.1) is 0 Å². The third kappa shape index (κ3) is 2.87. The molecule has 3 rings (SSSR count). The van der Waals surface area contributed by atoms with E-state index in [2.05, 4.69) is 14.0 Å². The quantitative estimate of drug-likeness (QED) is 0.482. The molecule has 0 spiro atoms. The highest BCUT2D eigenvalue weighted by molar-refractivity contribution is 7.80. The highest BCUT2D eigenvalue weighted by atomic mass is 32.3. The summed E-state index contributed by atoms with van der Waals surface area (Å²) in [6.07, 6.45) is 1.76. The summed E-state index contributed by atoms with van der Waals surface area (Å²) in [7, 11) is -4.91. The SMILES string of the molecule is NC(=O)[C@@H]1CC[C@@H]2C[N+]1(OCc1ccon1)C(=O)N2OS(=O)(=O)O. The summed E-state index contributed by atoms with van der Waals surface area (Å²) in [6, 6.07) is -1.14. The minimum Gasteiger partial charge on any atom is -0.364 e. The first kappa shape index (κ1) is 16.8. The number of amides is 3. The first-order valence-electron chi connectivity index (χ1n) is 6.94. The van der Waals surface area contributed by atoms with Gasteiger partial charge in [-0.25, -0.2) is 4.79 Å². The third-order valence-corrected chi connectivity index (χ3v) is 4.39. The van der Waals surface area contributed by atoms with Gasteiger partial charge < -0.3 is 10.3 Å². The summed E-state index contributed by atoms with van der Waals surface area (Å²) in [5, 5.41) is 4.15. The summed E-state index contributed by atoms with van der Waals surface area (Å²) in [5.74, 6) is -0.768. The number of nitrogens with two attached hydrogens (primary N) is 1. The van der Waals surface area contributed by atoms with Gasteiger partial charge in [-0.1, -0.05) is 9.80 Å². The molecule has 1 aromatic heterocycles. The van der Waals surface area contributed by atoms with Gasteiger partial charge in [-0.15, -0.1) is 9.35 Å². The van der Waals surface area contributed by atoms with E-state index in [-0.39, 0.29) is 26.0 Å². The van der Waals surface area contributed by atoms with Crippen molar-refractivity contribution in [2.45, 2.75) is 31.5 Å². The van der Waals surface area contributed by atoms with Crippen LogP contribution in [0.2, 0.25) is 0 Å². The van der Waals surface area contributed by atoms with E-state index in [9.17, 15) is 18.0 Å². The maximum atomic E-state index is 12.7. The number of aromatic nitrogens is 1. The number of carbonyl (C=O) groups is 2. The topological polar surface area (TPSA) is 162 Å². The Labute approximate surface area is 136 Å². The van der Waals surface area contributed by atoms with Crippen LogP contribution < -0.4 is 5.73 Å². The van der Waals surface area contributed by atoms with Crippen molar-refractivity contribution in [2.24, 2.45) is 5.73 Å². The second-order valence-corrected chi connectivity index (χ2v) is 6.51. The molecular formula is C11H15N4O8S+. The summed E-state index contributed by atoms with van der Waals surface area (Å²) >= 11 is 0. The molecule has 2 bridgehead atoms. The van der Waals surface area contributed by atoms with Crippen LogP contribution in [0.4, 0.5) is 4.79 Å². The predicted octanol–water partition coefficient (Wildman–Crippen LogP) is -0.891. The minimum atomic E-state index is -4.91. The molecule has 2 aliphatic rings. The molecule has 132 valence electrons. The summed E-state index contributed by atoms with van der Waals surface area (Å²) in [6.45, 7) is -0.224. The molecule has 2 saturated heterocycles. The summed E-state index contributed by atoms with van der Waals surface area (Å²) < 4.78 is 38.9. The number of hydrogen-bond acceptors (Lipinski definition) is 8. The number of piperidine rings is 1. The van der Waals surface area contributed by atoms with Gasteiger partial charge in [-0.05, 0) is 6.42 Å². The van der Waals surface area contributed by atoms with Crippen LogP contribution >= 0.6 is 0 Å². The molecule has 2 fully saturated rings. The Balaban J connectivity index is 1.91. The van der Waals surface area contributed by atoms with Crippen molar-refractivity contribution in [3.8, 4) is 0 Å². The minimum absolute atomic E-state index is 0.0557. The van der Waals surface area contributed by atoms with Gasteiger partial charge in [0.2, 0.25) is 6.04 Å². The van der Waals surface area contributed by atoms with Gasteiger partial charge >= 0.3 is 16.4 Å². The zero-order valence-corrected chi connectivity index (χ0v) is 13.1. The Hall–Kier alpha value is -2.06. The molecule has 1 aromatic rings.